The van der Waals surface area contributed by atoms with Crippen LogP contribution in [0.1, 0.15) is 12.0 Å². The number of nitrogens with zero attached hydrogens (tertiary/aromatic N) is 1. The lowest BCUT2D eigenvalue weighted by Crippen LogP contribution is -2.29. The fourth-order valence-corrected chi connectivity index (χ4v) is 2.09. The number of aliphatic hydroxyl groups excluding tert-OH is 1. The van der Waals surface area contributed by atoms with Gasteiger partial charge in [0.25, 0.3) is 0 Å². The van der Waals surface area contributed by atoms with Gasteiger partial charge >= 0.3 is 7.12 Å². The van der Waals surface area contributed by atoms with Crippen LogP contribution >= 0.6 is 0 Å². The van der Waals surface area contributed by atoms with E-state index >= 15 is 0 Å². The molecule has 0 unspecified atom stereocenters. The number of aromatic nitrogens is 1. The largest absolute Gasteiger partial charge is 0.493 e. The van der Waals surface area contributed by atoms with Crippen LogP contribution in [0.25, 0.3) is 0 Å². The predicted octanol–water partition coefficient (Wildman–Crippen LogP) is 0.381. The van der Waals surface area contributed by atoms with Crippen LogP contribution in [0.4, 0.5) is 0 Å². The summed E-state index contributed by atoms with van der Waals surface area (Å²) >= 11 is 0. The summed E-state index contributed by atoms with van der Waals surface area (Å²) in [7, 11) is -1.47. The van der Waals surface area contributed by atoms with E-state index in [1.165, 1.54) is 0 Å². The SMILES string of the molecule is OC[C@@H](CCc1cccnc1)COc1ccc(B(O)O)cc1. The molecule has 1 aromatic carbocycles. The topological polar surface area (TPSA) is 82.8 Å². The van der Waals surface area contributed by atoms with E-state index in [1.807, 2.05) is 18.3 Å². The fraction of sp³-hybridized carbons (Fsp3) is 0.312. The van der Waals surface area contributed by atoms with Crippen molar-refractivity contribution in [1.82, 2.24) is 4.98 Å². The maximum absolute atomic E-state index is 9.44. The van der Waals surface area contributed by atoms with E-state index in [0.29, 0.717) is 17.8 Å². The van der Waals surface area contributed by atoms with Gasteiger partial charge < -0.3 is 19.9 Å². The molecule has 0 radical (unpaired) electrons. The molecular weight excluding hydrogens is 281 g/mol. The number of ether oxygens (including phenoxy) is 1. The Morgan fingerprint density at radius 2 is 1.91 bits per heavy atom. The first kappa shape index (κ1) is 16.5. The molecule has 0 bridgehead atoms. The van der Waals surface area contributed by atoms with Crippen LogP contribution in [0.15, 0.2) is 48.8 Å². The molecular formula is C16H20BNO4. The predicted molar refractivity (Wildman–Crippen MR) is 84.9 cm³/mol. The minimum Gasteiger partial charge on any atom is -0.493 e. The summed E-state index contributed by atoms with van der Waals surface area (Å²) < 4.78 is 5.64. The Kier molecular flexibility index (Phi) is 6.39. The molecule has 22 heavy (non-hydrogen) atoms. The average molecular weight is 301 g/mol. The van der Waals surface area contributed by atoms with Crippen LogP contribution in [0.3, 0.4) is 0 Å². The first-order chi connectivity index (χ1) is 10.7. The van der Waals surface area contributed by atoms with Gasteiger partial charge in [-0.25, -0.2) is 0 Å². The molecule has 0 aliphatic heterocycles. The zero-order valence-corrected chi connectivity index (χ0v) is 12.3. The van der Waals surface area contributed by atoms with Gasteiger partial charge in [-0.1, -0.05) is 18.2 Å². The van der Waals surface area contributed by atoms with Gasteiger partial charge in [0.1, 0.15) is 5.75 Å². The lowest BCUT2D eigenvalue weighted by molar-refractivity contribution is 0.156. The van der Waals surface area contributed by atoms with E-state index < -0.39 is 7.12 Å². The highest BCUT2D eigenvalue weighted by Gasteiger charge is 2.12. The van der Waals surface area contributed by atoms with Crippen LogP contribution in [0.2, 0.25) is 0 Å². The highest BCUT2D eigenvalue weighted by Crippen LogP contribution is 2.13. The van der Waals surface area contributed by atoms with E-state index in [0.717, 1.165) is 18.4 Å². The minimum atomic E-state index is -1.47. The summed E-state index contributed by atoms with van der Waals surface area (Å²) in [6.07, 6.45) is 5.23. The van der Waals surface area contributed by atoms with E-state index in [2.05, 4.69) is 4.98 Å². The Hall–Kier alpha value is -1.89. The van der Waals surface area contributed by atoms with E-state index in [-0.39, 0.29) is 12.5 Å². The van der Waals surface area contributed by atoms with Crippen molar-refractivity contribution in [3.8, 4) is 5.75 Å². The third kappa shape index (κ3) is 5.14. The van der Waals surface area contributed by atoms with Gasteiger partial charge in [0, 0.05) is 24.9 Å². The van der Waals surface area contributed by atoms with E-state index in [4.69, 9.17) is 14.8 Å². The Labute approximate surface area is 130 Å². The third-order valence-electron chi connectivity index (χ3n) is 3.49. The fourth-order valence-electron chi connectivity index (χ4n) is 2.09. The van der Waals surface area contributed by atoms with Gasteiger partial charge in [-0.3, -0.25) is 4.98 Å². The monoisotopic (exact) mass is 301 g/mol. The van der Waals surface area contributed by atoms with Gasteiger partial charge in [-0.05, 0) is 42.1 Å². The molecule has 1 heterocycles. The Morgan fingerprint density at radius 1 is 1.14 bits per heavy atom. The maximum Gasteiger partial charge on any atom is 0.488 e. The molecule has 0 saturated carbocycles. The molecule has 0 aliphatic carbocycles. The smallest absolute Gasteiger partial charge is 0.488 e. The number of aliphatic hydroxyl groups is 1. The average Bonchev–Trinajstić information content (AvgIpc) is 2.56. The molecule has 0 amide bonds. The molecule has 2 rings (SSSR count). The number of pyridine rings is 1. The molecule has 1 aromatic heterocycles. The molecule has 1 atom stereocenters. The standard InChI is InChI=1S/C16H20BNO4/c19-11-14(4-3-13-2-1-9-18-10-13)12-22-16-7-5-15(6-8-16)17(20)21/h1-2,5-10,14,19-21H,3-4,11-12H2/t14-/m1/s1. The van der Waals surface area contributed by atoms with Crippen LogP contribution in [0.5, 0.6) is 5.75 Å². The molecule has 5 nitrogen and oxygen atoms in total. The molecule has 6 heteroatoms. The van der Waals surface area contributed by atoms with Crippen molar-refractivity contribution in [2.75, 3.05) is 13.2 Å². The van der Waals surface area contributed by atoms with Crippen LogP contribution in [-0.4, -0.2) is 40.5 Å². The first-order valence-electron chi connectivity index (χ1n) is 7.27. The highest BCUT2D eigenvalue weighted by atomic mass is 16.5. The van der Waals surface area contributed by atoms with Crippen molar-refractivity contribution in [2.24, 2.45) is 5.92 Å². The van der Waals surface area contributed by atoms with Gasteiger partial charge in [-0.15, -0.1) is 0 Å². The summed E-state index contributed by atoms with van der Waals surface area (Å²) in [5.41, 5.74) is 1.56. The minimum absolute atomic E-state index is 0.0447. The zero-order chi connectivity index (χ0) is 15.8. The van der Waals surface area contributed by atoms with Crippen molar-refractivity contribution in [1.29, 1.82) is 0 Å². The number of aryl methyl sites for hydroxylation is 1. The third-order valence-corrected chi connectivity index (χ3v) is 3.49. The van der Waals surface area contributed by atoms with Gasteiger partial charge in [0.05, 0.1) is 6.61 Å². The number of hydrogen-bond acceptors (Lipinski definition) is 5. The van der Waals surface area contributed by atoms with E-state index in [1.54, 1.807) is 30.5 Å². The normalized spacial score (nSPS) is 12.0. The second-order valence-corrected chi connectivity index (χ2v) is 5.20. The van der Waals surface area contributed by atoms with Crippen molar-refractivity contribution in [3.63, 3.8) is 0 Å². The van der Waals surface area contributed by atoms with Crippen molar-refractivity contribution in [2.45, 2.75) is 12.8 Å². The summed E-state index contributed by atoms with van der Waals surface area (Å²) in [5.74, 6) is 0.688. The molecule has 0 fully saturated rings. The number of benzene rings is 1. The lowest BCUT2D eigenvalue weighted by Gasteiger charge is -2.15. The van der Waals surface area contributed by atoms with Crippen LogP contribution < -0.4 is 10.2 Å². The molecule has 116 valence electrons. The van der Waals surface area contributed by atoms with Gasteiger partial charge in [-0.2, -0.15) is 0 Å². The number of hydrogen-bond donors (Lipinski definition) is 3. The van der Waals surface area contributed by atoms with Crippen LogP contribution in [-0.2, 0) is 6.42 Å². The molecule has 2 aromatic rings. The second kappa shape index (κ2) is 8.53. The summed E-state index contributed by atoms with van der Waals surface area (Å²) in [6.45, 7) is 0.478. The summed E-state index contributed by atoms with van der Waals surface area (Å²) in [4.78, 5) is 4.07. The molecule has 0 spiro atoms. The summed E-state index contributed by atoms with van der Waals surface area (Å²) in [6, 6.07) is 10.5. The van der Waals surface area contributed by atoms with Crippen LogP contribution in [0, 0.1) is 5.92 Å². The second-order valence-electron chi connectivity index (χ2n) is 5.20. The number of rotatable bonds is 8. The van der Waals surface area contributed by atoms with Crippen molar-refractivity contribution < 1.29 is 19.9 Å². The molecule has 0 saturated heterocycles. The quantitative estimate of drug-likeness (QED) is 0.614. The highest BCUT2D eigenvalue weighted by molar-refractivity contribution is 6.58. The van der Waals surface area contributed by atoms with Gasteiger partial charge in [0.2, 0.25) is 0 Å². The first-order valence-corrected chi connectivity index (χ1v) is 7.27. The molecule has 0 aliphatic rings. The zero-order valence-electron chi connectivity index (χ0n) is 12.3. The Morgan fingerprint density at radius 3 is 2.50 bits per heavy atom. The van der Waals surface area contributed by atoms with Crippen molar-refractivity contribution in [3.05, 3.63) is 54.4 Å². The maximum atomic E-state index is 9.44. The molecule has 3 N–H and O–H groups in total. The Bertz CT molecular complexity index is 548. The Balaban J connectivity index is 1.80. The van der Waals surface area contributed by atoms with Gasteiger partial charge in [0.15, 0.2) is 0 Å². The lowest BCUT2D eigenvalue weighted by atomic mass is 9.80. The van der Waals surface area contributed by atoms with E-state index in [9.17, 15) is 5.11 Å². The summed E-state index contributed by atoms with van der Waals surface area (Å²) in [5, 5.41) is 27.5. The van der Waals surface area contributed by atoms with Crippen molar-refractivity contribution >= 4 is 12.6 Å².